The molecule has 0 spiro atoms. The van der Waals surface area contributed by atoms with Crippen LogP contribution in [0.1, 0.15) is 66.4 Å². The number of unbranched alkanes of at least 4 members (excludes halogenated alkanes) is 3. The Balaban J connectivity index is 1.40. The van der Waals surface area contributed by atoms with Crippen LogP contribution in [0.15, 0.2) is 34.7 Å². The minimum Gasteiger partial charge on any atom is -0.395 e. The molecule has 0 atom stereocenters. The summed E-state index contributed by atoms with van der Waals surface area (Å²) in [6.07, 6.45) is 4.86. The molecule has 1 aliphatic rings. The van der Waals surface area contributed by atoms with Gasteiger partial charge in [-0.25, -0.2) is 4.98 Å². The first kappa shape index (κ1) is 25.4. The fourth-order valence-corrected chi connectivity index (χ4v) is 5.64. The van der Waals surface area contributed by atoms with Crippen LogP contribution in [-0.4, -0.2) is 77.3 Å². The van der Waals surface area contributed by atoms with Gasteiger partial charge in [0.25, 0.3) is 0 Å². The van der Waals surface area contributed by atoms with Gasteiger partial charge >= 0.3 is 0 Å². The van der Waals surface area contributed by atoms with Crippen LogP contribution in [0.4, 0.5) is 0 Å². The zero-order valence-corrected chi connectivity index (χ0v) is 21.1. The van der Waals surface area contributed by atoms with Crippen LogP contribution in [-0.2, 0) is 0 Å². The van der Waals surface area contributed by atoms with Crippen molar-refractivity contribution in [1.29, 1.82) is 0 Å². The average molecular weight is 476 g/mol. The topological polar surface area (TPSA) is 56.7 Å². The molecular formula is C25H37N3O2S2. The van der Waals surface area contributed by atoms with Gasteiger partial charge in [-0.1, -0.05) is 32.8 Å². The second kappa shape index (κ2) is 13.5. The number of hydrogen-bond acceptors (Lipinski definition) is 7. The molecule has 0 bridgehead atoms. The number of carbonyl (C=O) groups excluding carboxylic acids is 1. The van der Waals surface area contributed by atoms with Crippen molar-refractivity contribution in [2.24, 2.45) is 0 Å². The fourth-order valence-electron chi connectivity index (χ4n) is 3.94. The Labute approximate surface area is 201 Å². The summed E-state index contributed by atoms with van der Waals surface area (Å²) in [6, 6.07) is 7.78. The molecule has 0 amide bonds. The highest BCUT2D eigenvalue weighted by Gasteiger charge is 2.18. The van der Waals surface area contributed by atoms with E-state index in [0.29, 0.717) is 5.92 Å². The average Bonchev–Trinajstić information content (AvgIpc) is 3.34. The molecule has 3 rings (SSSR count). The molecule has 0 radical (unpaired) electrons. The number of ketones is 1. The number of hydrogen-bond donors (Lipinski definition) is 1. The number of piperazine rings is 1. The number of nitrogens with zero attached hydrogens (tertiary/aromatic N) is 3. The van der Waals surface area contributed by atoms with E-state index in [9.17, 15) is 4.79 Å². The number of thiophene rings is 1. The third-order valence-electron chi connectivity index (χ3n) is 5.95. The summed E-state index contributed by atoms with van der Waals surface area (Å²) >= 11 is 3.22. The van der Waals surface area contributed by atoms with E-state index in [1.54, 1.807) is 11.8 Å². The molecule has 0 unspecified atom stereocenters. The predicted octanol–water partition coefficient (Wildman–Crippen LogP) is 4.76. The Morgan fingerprint density at radius 3 is 2.44 bits per heavy atom. The molecule has 7 heteroatoms. The van der Waals surface area contributed by atoms with E-state index < -0.39 is 0 Å². The van der Waals surface area contributed by atoms with E-state index in [1.807, 2.05) is 29.6 Å². The van der Waals surface area contributed by atoms with E-state index in [0.717, 1.165) is 66.1 Å². The number of rotatable bonds is 13. The molecule has 1 aliphatic heterocycles. The Bertz CT molecular complexity index is 819. The number of aromatic nitrogens is 1. The van der Waals surface area contributed by atoms with E-state index in [2.05, 4.69) is 23.6 Å². The number of aliphatic hydroxyl groups is 1. The molecule has 1 fully saturated rings. The largest absolute Gasteiger partial charge is 0.395 e. The quantitative estimate of drug-likeness (QED) is 0.256. The first-order chi connectivity index (χ1) is 15.6. The molecule has 1 saturated heterocycles. The van der Waals surface area contributed by atoms with Crippen LogP contribution in [0, 0.1) is 0 Å². The Morgan fingerprint density at radius 1 is 1.06 bits per heavy atom. The summed E-state index contributed by atoms with van der Waals surface area (Å²) in [6.45, 7) is 10.9. The van der Waals surface area contributed by atoms with Gasteiger partial charge in [-0.05, 0) is 54.6 Å². The second-order valence-electron chi connectivity index (χ2n) is 8.72. The van der Waals surface area contributed by atoms with Crippen LogP contribution in [0.25, 0.3) is 0 Å². The van der Waals surface area contributed by atoms with Gasteiger partial charge in [0, 0.05) is 38.4 Å². The number of thioether (sulfide) groups is 1. The lowest BCUT2D eigenvalue weighted by molar-refractivity contribution is 0.103. The first-order valence-electron chi connectivity index (χ1n) is 11.9. The van der Waals surface area contributed by atoms with E-state index in [1.165, 1.54) is 37.1 Å². The maximum absolute atomic E-state index is 12.9. The van der Waals surface area contributed by atoms with Gasteiger partial charge in [-0.3, -0.25) is 9.69 Å². The number of β-amino-alcohol motifs (C(OH)–C–C–N with tert-alkyl or cyclic N) is 1. The monoisotopic (exact) mass is 475 g/mol. The Hall–Kier alpha value is -1.25. The summed E-state index contributed by atoms with van der Waals surface area (Å²) in [5.74, 6) is 1.44. The zero-order valence-electron chi connectivity index (χ0n) is 19.5. The molecule has 0 aromatic carbocycles. The van der Waals surface area contributed by atoms with Crippen molar-refractivity contribution >= 4 is 28.9 Å². The number of carbonyl (C=O) groups is 1. The fraction of sp³-hybridized carbons (Fsp3) is 0.600. The Kier molecular flexibility index (Phi) is 10.7. The second-order valence-corrected chi connectivity index (χ2v) is 10.8. The molecule has 0 saturated carbocycles. The normalized spacial score (nSPS) is 15.5. The van der Waals surface area contributed by atoms with Crippen LogP contribution in [0.3, 0.4) is 0 Å². The van der Waals surface area contributed by atoms with Gasteiger partial charge in [-0.15, -0.1) is 23.1 Å². The molecule has 32 heavy (non-hydrogen) atoms. The molecule has 3 heterocycles. The predicted molar refractivity (Wildman–Crippen MR) is 135 cm³/mol. The van der Waals surface area contributed by atoms with Crippen molar-refractivity contribution in [1.82, 2.24) is 14.8 Å². The Morgan fingerprint density at radius 2 is 1.78 bits per heavy atom. The first-order valence-corrected chi connectivity index (χ1v) is 13.7. The van der Waals surface area contributed by atoms with E-state index in [-0.39, 0.29) is 12.4 Å². The van der Waals surface area contributed by atoms with Crippen molar-refractivity contribution in [3.05, 3.63) is 45.8 Å². The van der Waals surface area contributed by atoms with E-state index >= 15 is 0 Å². The van der Waals surface area contributed by atoms with Gasteiger partial charge in [0.2, 0.25) is 5.78 Å². The highest BCUT2D eigenvalue weighted by Crippen LogP contribution is 2.28. The molecule has 5 nitrogen and oxygen atoms in total. The molecule has 176 valence electrons. The summed E-state index contributed by atoms with van der Waals surface area (Å²) < 4.78 is 0. The van der Waals surface area contributed by atoms with Crippen molar-refractivity contribution in [2.75, 3.05) is 51.6 Å². The van der Waals surface area contributed by atoms with Crippen molar-refractivity contribution in [3.8, 4) is 0 Å². The van der Waals surface area contributed by atoms with Gasteiger partial charge in [0.05, 0.1) is 17.0 Å². The summed E-state index contributed by atoms with van der Waals surface area (Å²) in [5, 5.41) is 11.9. The van der Waals surface area contributed by atoms with Gasteiger partial charge in [-0.2, -0.15) is 0 Å². The van der Waals surface area contributed by atoms with Crippen molar-refractivity contribution in [3.63, 3.8) is 0 Å². The lowest BCUT2D eigenvalue weighted by Crippen LogP contribution is -2.47. The third-order valence-corrected chi connectivity index (χ3v) is 7.90. The molecule has 2 aromatic heterocycles. The standard InChI is InChI=1S/C25H37N3O2S2/c1-20(2)22-10-9-21(24(30)23-8-7-19-31-23)25(26-22)32-18-6-4-3-5-11-27-12-14-28(15-13-27)16-17-29/h7-10,19-20,29H,3-6,11-18H2,1-2H3. The number of pyridine rings is 1. The maximum atomic E-state index is 12.9. The van der Waals surface area contributed by atoms with Gasteiger partial charge in [0.1, 0.15) is 5.03 Å². The SMILES string of the molecule is CC(C)c1ccc(C(=O)c2cccs2)c(SCCCCCCN2CCN(CCO)CC2)n1. The minimum absolute atomic E-state index is 0.0874. The lowest BCUT2D eigenvalue weighted by Gasteiger charge is -2.34. The van der Waals surface area contributed by atoms with Crippen molar-refractivity contribution < 1.29 is 9.90 Å². The van der Waals surface area contributed by atoms with Crippen molar-refractivity contribution in [2.45, 2.75) is 50.5 Å². The van der Waals surface area contributed by atoms with Crippen LogP contribution in [0.2, 0.25) is 0 Å². The minimum atomic E-state index is 0.0874. The summed E-state index contributed by atoms with van der Waals surface area (Å²) in [7, 11) is 0. The molecule has 1 N–H and O–H groups in total. The lowest BCUT2D eigenvalue weighted by atomic mass is 10.1. The highest BCUT2D eigenvalue weighted by atomic mass is 32.2. The highest BCUT2D eigenvalue weighted by molar-refractivity contribution is 7.99. The van der Waals surface area contributed by atoms with E-state index in [4.69, 9.17) is 10.1 Å². The third kappa shape index (κ3) is 7.66. The molecule has 0 aliphatic carbocycles. The van der Waals surface area contributed by atoms with Crippen LogP contribution >= 0.6 is 23.1 Å². The number of aliphatic hydroxyl groups excluding tert-OH is 1. The zero-order chi connectivity index (χ0) is 22.8. The van der Waals surface area contributed by atoms with Crippen LogP contribution in [0.5, 0.6) is 0 Å². The maximum Gasteiger partial charge on any atom is 0.205 e. The summed E-state index contributed by atoms with van der Waals surface area (Å²) in [5.41, 5.74) is 1.79. The van der Waals surface area contributed by atoms with Gasteiger partial charge < -0.3 is 10.0 Å². The van der Waals surface area contributed by atoms with Crippen LogP contribution < -0.4 is 0 Å². The smallest absolute Gasteiger partial charge is 0.205 e. The molecule has 2 aromatic rings. The van der Waals surface area contributed by atoms with Gasteiger partial charge in [0.15, 0.2) is 0 Å². The molecular weight excluding hydrogens is 438 g/mol. The summed E-state index contributed by atoms with van der Waals surface area (Å²) in [4.78, 5) is 23.4.